The quantitative estimate of drug-likeness (QED) is 0.576. The minimum atomic E-state index is -0.368. The Hall–Kier alpha value is -1.14. The van der Waals surface area contributed by atoms with E-state index >= 15 is 0 Å². The van der Waals surface area contributed by atoms with Crippen LogP contribution in [0.25, 0.3) is 0 Å². The van der Waals surface area contributed by atoms with E-state index in [4.69, 9.17) is 11.5 Å². The van der Waals surface area contributed by atoms with Crippen molar-refractivity contribution in [2.24, 2.45) is 11.5 Å². The highest BCUT2D eigenvalue weighted by Gasteiger charge is 2.15. The second kappa shape index (κ2) is 8.88. The van der Waals surface area contributed by atoms with Gasteiger partial charge in [0.15, 0.2) is 0 Å². The van der Waals surface area contributed by atoms with E-state index in [1.807, 2.05) is 18.7 Å². The third-order valence-corrected chi connectivity index (χ3v) is 2.83. The summed E-state index contributed by atoms with van der Waals surface area (Å²) < 4.78 is 0. The normalized spacial score (nSPS) is 11.0. The topological polar surface area (TPSA) is 92.7 Å². The molecule has 0 aromatic rings. The standard InChI is InChI=1S/C12H26N4O2/c1-10(2)16(9-11(14)17)8-5-12(18)15(3)7-4-6-13/h10H,4-9,13H2,1-3H3,(H2,14,17). The summed E-state index contributed by atoms with van der Waals surface area (Å²) in [4.78, 5) is 26.3. The SMILES string of the molecule is CC(C)N(CCC(=O)N(C)CCCN)CC(N)=O. The van der Waals surface area contributed by atoms with Crippen molar-refractivity contribution < 1.29 is 9.59 Å². The Bertz CT molecular complexity index is 269. The van der Waals surface area contributed by atoms with Gasteiger partial charge >= 0.3 is 0 Å². The van der Waals surface area contributed by atoms with Gasteiger partial charge in [0.05, 0.1) is 6.54 Å². The molecule has 18 heavy (non-hydrogen) atoms. The fourth-order valence-corrected chi connectivity index (χ4v) is 1.60. The van der Waals surface area contributed by atoms with Crippen molar-refractivity contribution in [3.05, 3.63) is 0 Å². The van der Waals surface area contributed by atoms with Crippen LogP contribution in [0, 0.1) is 0 Å². The zero-order chi connectivity index (χ0) is 14.1. The third-order valence-electron chi connectivity index (χ3n) is 2.83. The van der Waals surface area contributed by atoms with Gasteiger partial charge in [-0.15, -0.1) is 0 Å². The van der Waals surface area contributed by atoms with Crippen LogP contribution in [0.15, 0.2) is 0 Å². The highest BCUT2D eigenvalue weighted by molar-refractivity contribution is 5.77. The number of carbonyl (C=O) groups excluding carboxylic acids is 2. The Morgan fingerprint density at radius 2 is 1.83 bits per heavy atom. The number of carbonyl (C=O) groups is 2. The lowest BCUT2D eigenvalue weighted by molar-refractivity contribution is -0.131. The number of nitrogens with zero attached hydrogens (tertiary/aromatic N) is 2. The van der Waals surface area contributed by atoms with E-state index in [-0.39, 0.29) is 24.4 Å². The van der Waals surface area contributed by atoms with Crippen molar-refractivity contribution in [3.8, 4) is 0 Å². The molecular formula is C12H26N4O2. The predicted molar refractivity (Wildman–Crippen MR) is 71.8 cm³/mol. The van der Waals surface area contributed by atoms with Crippen molar-refractivity contribution in [2.45, 2.75) is 32.7 Å². The number of primary amides is 1. The molecule has 0 unspecified atom stereocenters. The maximum atomic E-state index is 11.8. The molecule has 0 rings (SSSR count). The van der Waals surface area contributed by atoms with Crippen molar-refractivity contribution in [1.29, 1.82) is 0 Å². The smallest absolute Gasteiger partial charge is 0.231 e. The average Bonchev–Trinajstić information content (AvgIpc) is 2.30. The van der Waals surface area contributed by atoms with Crippen LogP contribution in [0.4, 0.5) is 0 Å². The Balaban J connectivity index is 4.10. The lowest BCUT2D eigenvalue weighted by atomic mass is 10.2. The molecule has 0 aromatic heterocycles. The Kier molecular flexibility index (Phi) is 8.32. The van der Waals surface area contributed by atoms with Gasteiger partial charge in [-0.05, 0) is 26.8 Å². The summed E-state index contributed by atoms with van der Waals surface area (Å²) in [5.41, 5.74) is 10.6. The van der Waals surface area contributed by atoms with Gasteiger partial charge < -0.3 is 16.4 Å². The second-order valence-corrected chi connectivity index (χ2v) is 4.74. The molecule has 0 saturated heterocycles. The molecule has 0 heterocycles. The molecule has 0 fully saturated rings. The summed E-state index contributed by atoms with van der Waals surface area (Å²) in [7, 11) is 1.77. The van der Waals surface area contributed by atoms with Crippen molar-refractivity contribution in [3.63, 3.8) is 0 Å². The number of amides is 2. The van der Waals surface area contributed by atoms with Crippen molar-refractivity contribution in [2.75, 3.05) is 33.2 Å². The molecule has 4 N–H and O–H groups in total. The van der Waals surface area contributed by atoms with Crippen LogP contribution in [0.1, 0.15) is 26.7 Å². The molecule has 106 valence electrons. The Morgan fingerprint density at radius 3 is 2.28 bits per heavy atom. The van der Waals surface area contributed by atoms with E-state index in [2.05, 4.69) is 0 Å². The molecule has 0 aromatic carbocycles. The molecule has 0 saturated carbocycles. The summed E-state index contributed by atoms with van der Waals surface area (Å²) in [5.74, 6) is -0.300. The van der Waals surface area contributed by atoms with Gasteiger partial charge in [0, 0.05) is 32.6 Å². The molecule has 0 aliphatic rings. The molecule has 0 aliphatic carbocycles. The zero-order valence-corrected chi connectivity index (χ0v) is 11.7. The third kappa shape index (κ3) is 7.24. The van der Waals surface area contributed by atoms with Crippen LogP contribution in [0.3, 0.4) is 0 Å². The molecule has 0 radical (unpaired) electrons. The number of rotatable bonds is 9. The van der Waals surface area contributed by atoms with Gasteiger partial charge in [0.2, 0.25) is 11.8 Å². The second-order valence-electron chi connectivity index (χ2n) is 4.74. The van der Waals surface area contributed by atoms with E-state index < -0.39 is 0 Å². The average molecular weight is 258 g/mol. The first-order valence-electron chi connectivity index (χ1n) is 6.34. The summed E-state index contributed by atoms with van der Waals surface area (Å²) in [6, 6.07) is 0.194. The van der Waals surface area contributed by atoms with Gasteiger partial charge in [0.25, 0.3) is 0 Å². The summed E-state index contributed by atoms with van der Waals surface area (Å²) in [5, 5.41) is 0. The minimum absolute atomic E-state index is 0.0681. The highest BCUT2D eigenvalue weighted by atomic mass is 16.2. The Morgan fingerprint density at radius 1 is 1.22 bits per heavy atom. The van der Waals surface area contributed by atoms with Crippen molar-refractivity contribution >= 4 is 11.8 Å². The Labute approximate surface area is 109 Å². The summed E-state index contributed by atoms with van der Waals surface area (Å²) >= 11 is 0. The molecular weight excluding hydrogens is 232 g/mol. The fraction of sp³-hybridized carbons (Fsp3) is 0.833. The van der Waals surface area contributed by atoms with Crippen molar-refractivity contribution in [1.82, 2.24) is 9.80 Å². The van der Waals surface area contributed by atoms with Crippen LogP contribution >= 0.6 is 0 Å². The van der Waals surface area contributed by atoms with Crippen LogP contribution in [0.2, 0.25) is 0 Å². The van der Waals surface area contributed by atoms with Gasteiger partial charge in [-0.25, -0.2) is 0 Å². The number of hydrogen-bond acceptors (Lipinski definition) is 4. The van der Waals surface area contributed by atoms with Crippen LogP contribution < -0.4 is 11.5 Å². The van der Waals surface area contributed by atoms with Gasteiger partial charge in [-0.1, -0.05) is 0 Å². The fourth-order valence-electron chi connectivity index (χ4n) is 1.60. The van der Waals surface area contributed by atoms with E-state index in [0.29, 0.717) is 26.1 Å². The maximum absolute atomic E-state index is 11.8. The zero-order valence-electron chi connectivity index (χ0n) is 11.7. The molecule has 0 bridgehead atoms. The lowest BCUT2D eigenvalue weighted by Crippen LogP contribution is -2.41. The molecule has 0 spiro atoms. The maximum Gasteiger partial charge on any atom is 0.231 e. The van der Waals surface area contributed by atoms with E-state index in [0.717, 1.165) is 6.42 Å². The first kappa shape index (κ1) is 16.9. The number of nitrogens with two attached hydrogens (primary N) is 2. The molecule has 6 nitrogen and oxygen atoms in total. The first-order valence-corrected chi connectivity index (χ1v) is 6.34. The van der Waals surface area contributed by atoms with Crippen LogP contribution in [-0.2, 0) is 9.59 Å². The largest absolute Gasteiger partial charge is 0.369 e. The highest BCUT2D eigenvalue weighted by Crippen LogP contribution is 2.01. The molecule has 0 atom stereocenters. The van der Waals surface area contributed by atoms with Crippen LogP contribution in [0.5, 0.6) is 0 Å². The van der Waals surface area contributed by atoms with Gasteiger partial charge in [0.1, 0.15) is 0 Å². The lowest BCUT2D eigenvalue weighted by Gasteiger charge is -2.25. The monoisotopic (exact) mass is 258 g/mol. The van der Waals surface area contributed by atoms with E-state index in [1.54, 1.807) is 11.9 Å². The molecule has 2 amide bonds. The minimum Gasteiger partial charge on any atom is -0.369 e. The van der Waals surface area contributed by atoms with Gasteiger partial charge in [-0.3, -0.25) is 14.5 Å². The first-order chi connectivity index (χ1) is 8.38. The molecule has 6 heteroatoms. The summed E-state index contributed by atoms with van der Waals surface area (Å²) in [6.45, 7) is 5.95. The van der Waals surface area contributed by atoms with Gasteiger partial charge in [-0.2, -0.15) is 0 Å². The van der Waals surface area contributed by atoms with E-state index in [1.165, 1.54) is 0 Å². The number of hydrogen-bond donors (Lipinski definition) is 2. The van der Waals surface area contributed by atoms with Crippen LogP contribution in [-0.4, -0.2) is 60.9 Å². The molecule has 0 aliphatic heterocycles. The summed E-state index contributed by atoms with van der Waals surface area (Å²) in [6.07, 6.45) is 1.20. The van der Waals surface area contributed by atoms with E-state index in [9.17, 15) is 9.59 Å². The predicted octanol–water partition coefficient (Wildman–Crippen LogP) is -0.621.